The van der Waals surface area contributed by atoms with Gasteiger partial charge < -0.3 is 10.1 Å². The Labute approximate surface area is 159 Å². The highest BCUT2D eigenvalue weighted by Gasteiger charge is 2.20. The highest BCUT2D eigenvalue weighted by atomic mass is 16.6. The molecule has 1 aromatic heterocycles. The van der Waals surface area contributed by atoms with Gasteiger partial charge in [-0.1, -0.05) is 5.21 Å². The molecule has 0 saturated carbocycles. The predicted molar refractivity (Wildman–Crippen MR) is 99.8 cm³/mol. The number of amides is 1. The van der Waals surface area contributed by atoms with Crippen molar-refractivity contribution in [2.45, 2.75) is 26.5 Å². The molecule has 1 N–H and O–H groups in total. The number of nitrogens with one attached hydrogen (secondary N) is 1. The predicted octanol–water partition coefficient (Wildman–Crippen LogP) is 2.54. The fraction of sp³-hybridized carbons (Fsp3) is 0.222. The molecule has 1 atom stereocenters. The van der Waals surface area contributed by atoms with Gasteiger partial charge in [-0.05, 0) is 44.2 Å². The van der Waals surface area contributed by atoms with Crippen molar-refractivity contribution in [3.05, 3.63) is 58.1 Å². The zero-order valence-corrected chi connectivity index (χ0v) is 15.2. The Morgan fingerprint density at radius 2 is 1.96 bits per heavy atom. The smallest absolute Gasteiger partial charge is 0.338 e. The van der Waals surface area contributed by atoms with Crippen LogP contribution in [0.3, 0.4) is 0 Å². The molecule has 28 heavy (non-hydrogen) atoms. The number of nitrogens with zero attached hydrogens (tertiary/aromatic N) is 4. The van der Waals surface area contributed by atoms with Crippen molar-refractivity contribution in [3.63, 3.8) is 0 Å². The fourth-order valence-corrected chi connectivity index (χ4v) is 2.53. The summed E-state index contributed by atoms with van der Waals surface area (Å²) in [5, 5.41) is 21.2. The number of nitro groups is 1. The van der Waals surface area contributed by atoms with Crippen LogP contribution in [0.5, 0.6) is 0 Å². The highest BCUT2D eigenvalue weighted by molar-refractivity contribution is 5.98. The number of aryl methyl sites for hydroxylation is 1. The molecule has 144 valence electrons. The number of rotatable bonds is 6. The fourth-order valence-electron chi connectivity index (χ4n) is 2.53. The number of aromatic nitrogens is 3. The second-order valence-corrected chi connectivity index (χ2v) is 5.95. The Morgan fingerprint density at radius 3 is 2.61 bits per heavy atom. The van der Waals surface area contributed by atoms with Gasteiger partial charge in [0.05, 0.1) is 16.0 Å². The molecule has 1 heterocycles. The van der Waals surface area contributed by atoms with Crippen LogP contribution in [-0.2, 0) is 16.1 Å². The van der Waals surface area contributed by atoms with E-state index in [1.807, 2.05) is 6.92 Å². The zero-order valence-electron chi connectivity index (χ0n) is 15.2. The SMILES string of the molecule is CCn1nnc2cc(C(=O)OC(C)C(=O)Nc3ccc([N+](=O)[O-])cc3)ccc21. The minimum absolute atomic E-state index is 0.0899. The Balaban J connectivity index is 1.64. The van der Waals surface area contributed by atoms with Gasteiger partial charge in [0.2, 0.25) is 0 Å². The Hall–Kier alpha value is -3.82. The van der Waals surface area contributed by atoms with Gasteiger partial charge in [0.25, 0.3) is 11.6 Å². The van der Waals surface area contributed by atoms with Gasteiger partial charge in [-0.25, -0.2) is 9.48 Å². The molecule has 3 aromatic rings. The molecule has 0 saturated heterocycles. The van der Waals surface area contributed by atoms with Crippen LogP contribution in [0, 0.1) is 10.1 Å². The molecule has 0 aliphatic rings. The summed E-state index contributed by atoms with van der Waals surface area (Å²) >= 11 is 0. The van der Waals surface area contributed by atoms with E-state index in [4.69, 9.17) is 4.74 Å². The quantitative estimate of drug-likeness (QED) is 0.393. The number of esters is 1. The monoisotopic (exact) mass is 383 g/mol. The summed E-state index contributed by atoms with van der Waals surface area (Å²) < 4.78 is 6.90. The van der Waals surface area contributed by atoms with Gasteiger partial charge in [0, 0.05) is 24.4 Å². The van der Waals surface area contributed by atoms with E-state index in [2.05, 4.69) is 15.6 Å². The van der Waals surface area contributed by atoms with Crippen LogP contribution in [0.2, 0.25) is 0 Å². The molecular formula is C18H17N5O5. The standard InChI is InChI=1S/C18H17N5O5/c1-3-22-16-9-4-12(10-15(16)20-21-22)18(25)28-11(2)17(24)19-13-5-7-14(8-6-13)23(26)27/h4-11H,3H2,1-2H3,(H,19,24). The molecule has 1 unspecified atom stereocenters. The normalized spacial score (nSPS) is 11.8. The summed E-state index contributed by atoms with van der Waals surface area (Å²) in [6, 6.07) is 10.2. The van der Waals surface area contributed by atoms with E-state index < -0.39 is 22.9 Å². The molecule has 0 fully saturated rings. The van der Waals surface area contributed by atoms with E-state index in [0.717, 1.165) is 5.52 Å². The van der Waals surface area contributed by atoms with Crippen molar-refractivity contribution < 1.29 is 19.2 Å². The lowest BCUT2D eigenvalue weighted by Crippen LogP contribution is -2.30. The number of carbonyl (C=O) groups excluding carboxylic acids is 2. The third-order valence-electron chi connectivity index (χ3n) is 4.05. The van der Waals surface area contributed by atoms with Crippen molar-refractivity contribution in [2.75, 3.05) is 5.32 Å². The largest absolute Gasteiger partial charge is 0.449 e. The van der Waals surface area contributed by atoms with Crippen LogP contribution < -0.4 is 5.32 Å². The Morgan fingerprint density at radius 1 is 1.25 bits per heavy atom. The average molecular weight is 383 g/mol. The molecule has 0 radical (unpaired) electrons. The maximum Gasteiger partial charge on any atom is 0.338 e. The highest BCUT2D eigenvalue weighted by Crippen LogP contribution is 2.17. The molecule has 0 bridgehead atoms. The third-order valence-corrected chi connectivity index (χ3v) is 4.05. The van der Waals surface area contributed by atoms with Gasteiger partial charge in [0.15, 0.2) is 6.10 Å². The van der Waals surface area contributed by atoms with E-state index in [9.17, 15) is 19.7 Å². The summed E-state index contributed by atoms with van der Waals surface area (Å²) in [7, 11) is 0. The number of fused-ring (bicyclic) bond motifs is 1. The Kier molecular flexibility index (Phi) is 5.30. The topological polar surface area (TPSA) is 129 Å². The summed E-state index contributed by atoms with van der Waals surface area (Å²) in [5.41, 5.74) is 1.87. The molecule has 10 heteroatoms. The van der Waals surface area contributed by atoms with E-state index in [1.54, 1.807) is 22.9 Å². The second kappa shape index (κ2) is 7.82. The Bertz CT molecular complexity index is 1040. The molecule has 10 nitrogen and oxygen atoms in total. The minimum Gasteiger partial charge on any atom is -0.449 e. The molecule has 0 aliphatic carbocycles. The number of non-ortho nitro benzene ring substituents is 1. The lowest BCUT2D eigenvalue weighted by Gasteiger charge is -2.13. The molecule has 1 amide bonds. The number of nitro benzene ring substituents is 1. The summed E-state index contributed by atoms with van der Waals surface area (Å²) in [5.74, 6) is -1.22. The van der Waals surface area contributed by atoms with Crippen molar-refractivity contribution in [3.8, 4) is 0 Å². The first-order valence-corrected chi connectivity index (χ1v) is 8.48. The third kappa shape index (κ3) is 3.95. The van der Waals surface area contributed by atoms with Crippen LogP contribution in [-0.4, -0.2) is 37.9 Å². The van der Waals surface area contributed by atoms with Gasteiger partial charge >= 0.3 is 5.97 Å². The van der Waals surface area contributed by atoms with E-state index >= 15 is 0 Å². The number of hydrogen-bond acceptors (Lipinski definition) is 7. The van der Waals surface area contributed by atoms with Crippen LogP contribution in [0.25, 0.3) is 11.0 Å². The van der Waals surface area contributed by atoms with Crippen LogP contribution in [0.1, 0.15) is 24.2 Å². The first kappa shape index (κ1) is 19.0. The van der Waals surface area contributed by atoms with E-state index in [1.165, 1.54) is 31.2 Å². The number of benzene rings is 2. The molecule has 0 spiro atoms. The van der Waals surface area contributed by atoms with E-state index in [-0.39, 0.29) is 11.3 Å². The first-order valence-electron chi connectivity index (χ1n) is 8.48. The van der Waals surface area contributed by atoms with Crippen LogP contribution in [0.15, 0.2) is 42.5 Å². The van der Waals surface area contributed by atoms with Crippen LogP contribution in [0.4, 0.5) is 11.4 Å². The van der Waals surface area contributed by atoms with Crippen molar-refractivity contribution in [2.24, 2.45) is 0 Å². The van der Waals surface area contributed by atoms with Gasteiger partial charge in [-0.3, -0.25) is 14.9 Å². The maximum atomic E-state index is 12.3. The maximum absolute atomic E-state index is 12.3. The van der Waals surface area contributed by atoms with Gasteiger partial charge in [0.1, 0.15) is 5.52 Å². The number of ether oxygens (including phenoxy) is 1. The molecule has 2 aromatic carbocycles. The molecule has 3 rings (SSSR count). The zero-order chi connectivity index (χ0) is 20.3. The summed E-state index contributed by atoms with van der Waals surface area (Å²) in [6.07, 6.45) is -1.07. The number of carbonyl (C=O) groups is 2. The van der Waals surface area contributed by atoms with Crippen LogP contribution >= 0.6 is 0 Å². The lowest BCUT2D eigenvalue weighted by molar-refractivity contribution is -0.384. The van der Waals surface area contributed by atoms with Gasteiger partial charge in [-0.15, -0.1) is 5.10 Å². The number of hydrogen-bond donors (Lipinski definition) is 1. The van der Waals surface area contributed by atoms with Crippen molar-refractivity contribution in [1.29, 1.82) is 0 Å². The minimum atomic E-state index is -1.07. The van der Waals surface area contributed by atoms with Crippen molar-refractivity contribution >= 4 is 34.3 Å². The molecule has 0 aliphatic heterocycles. The summed E-state index contributed by atoms with van der Waals surface area (Å²) in [4.78, 5) is 34.6. The average Bonchev–Trinajstić information content (AvgIpc) is 3.10. The first-order chi connectivity index (χ1) is 13.4. The van der Waals surface area contributed by atoms with E-state index in [0.29, 0.717) is 17.7 Å². The van der Waals surface area contributed by atoms with Gasteiger partial charge in [-0.2, -0.15) is 0 Å². The second-order valence-electron chi connectivity index (χ2n) is 5.95. The molecular weight excluding hydrogens is 366 g/mol. The number of anilines is 1. The summed E-state index contributed by atoms with van der Waals surface area (Å²) in [6.45, 7) is 4.02. The lowest BCUT2D eigenvalue weighted by atomic mass is 10.2. The van der Waals surface area contributed by atoms with Crippen molar-refractivity contribution in [1.82, 2.24) is 15.0 Å².